The van der Waals surface area contributed by atoms with E-state index in [9.17, 15) is 13.2 Å². The number of nitrogens with zero attached hydrogens (tertiary/aromatic N) is 2. The second-order valence-electron chi connectivity index (χ2n) is 3.23. The van der Waals surface area contributed by atoms with Gasteiger partial charge in [-0.1, -0.05) is 0 Å². The summed E-state index contributed by atoms with van der Waals surface area (Å²) in [6.07, 6.45) is -3.61. The fourth-order valence-electron chi connectivity index (χ4n) is 1.19. The lowest BCUT2D eigenvalue weighted by atomic mass is 10.2. The molecule has 0 aliphatic rings. The summed E-state index contributed by atoms with van der Waals surface area (Å²) in [5.74, 6) is 0. The maximum Gasteiger partial charge on any atom is 0.417 e. The molecule has 0 amide bonds. The molecular formula is C10H7F3N2OS. The molecule has 0 radical (unpaired) electrons. The number of aliphatic hydroxyl groups is 1. The molecule has 0 saturated carbocycles. The van der Waals surface area contributed by atoms with Crippen molar-refractivity contribution in [1.29, 1.82) is 0 Å². The average Bonchev–Trinajstić information content (AvgIpc) is 2.76. The summed E-state index contributed by atoms with van der Waals surface area (Å²) in [6.45, 7) is -0.197. The van der Waals surface area contributed by atoms with Gasteiger partial charge in [-0.3, -0.25) is 4.98 Å². The minimum atomic E-state index is -4.38. The minimum absolute atomic E-state index is 0.197. The Bertz CT molecular complexity index is 507. The van der Waals surface area contributed by atoms with Crippen LogP contribution in [0.3, 0.4) is 0 Å². The van der Waals surface area contributed by atoms with E-state index in [1.54, 1.807) is 5.38 Å². The molecule has 2 aromatic rings. The van der Waals surface area contributed by atoms with Crippen LogP contribution in [0.1, 0.15) is 11.3 Å². The molecule has 0 aliphatic heterocycles. The van der Waals surface area contributed by atoms with Crippen LogP contribution in [0.25, 0.3) is 10.7 Å². The van der Waals surface area contributed by atoms with E-state index < -0.39 is 11.7 Å². The predicted molar refractivity (Wildman–Crippen MR) is 56.3 cm³/mol. The van der Waals surface area contributed by atoms with Crippen LogP contribution < -0.4 is 0 Å². The van der Waals surface area contributed by atoms with Gasteiger partial charge in [0.25, 0.3) is 0 Å². The third kappa shape index (κ3) is 2.62. The summed E-state index contributed by atoms with van der Waals surface area (Å²) in [5.41, 5.74) is 0.0505. The third-order valence-electron chi connectivity index (χ3n) is 2.02. The molecule has 0 fully saturated rings. The van der Waals surface area contributed by atoms with Crippen LogP contribution in [0, 0.1) is 0 Å². The molecule has 2 heterocycles. The smallest absolute Gasteiger partial charge is 0.390 e. The quantitative estimate of drug-likeness (QED) is 0.903. The summed E-state index contributed by atoms with van der Waals surface area (Å²) in [4.78, 5) is 7.72. The zero-order valence-electron chi connectivity index (χ0n) is 8.40. The summed E-state index contributed by atoms with van der Waals surface area (Å²) in [5, 5.41) is 10.9. The second-order valence-corrected chi connectivity index (χ2v) is 4.09. The van der Waals surface area contributed by atoms with Crippen LogP contribution in [0.2, 0.25) is 0 Å². The van der Waals surface area contributed by atoms with E-state index in [0.29, 0.717) is 16.4 Å². The van der Waals surface area contributed by atoms with Gasteiger partial charge in [-0.25, -0.2) is 4.98 Å². The van der Waals surface area contributed by atoms with Crippen molar-refractivity contribution in [3.05, 3.63) is 35.0 Å². The van der Waals surface area contributed by atoms with Crippen molar-refractivity contribution >= 4 is 11.3 Å². The molecular weight excluding hydrogens is 253 g/mol. The van der Waals surface area contributed by atoms with E-state index in [4.69, 9.17) is 5.11 Å². The van der Waals surface area contributed by atoms with Gasteiger partial charge in [-0.15, -0.1) is 11.3 Å². The summed E-state index contributed by atoms with van der Waals surface area (Å²) >= 11 is 1.23. The first-order chi connectivity index (χ1) is 8.00. The number of pyridine rings is 1. The Morgan fingerprint density at radius 1 is 1.29 bits per heavy atom. The Balaban J connectivity index is 2.29. The zero-order chi connectivity index (χ0) is 12.5. The normalized spacial score (nSPS) is 11.8. The van der Waals surface area contributed by atoms with E-state index in [0.717, 1.165) is 12.3 Å². The van der Waals surface area contributed by atoms with Gasteiger partial charge >= 0.3 is 6.18 Å². The van der Waals surface area contributed by atoms with Crippen molar-refractivity contribution in [2.75, 3.05) is 0 Å². The van der Waals surface area contributed by atoms with E-state index >= 15 is 0 Å². The molecule has 0 aromatic carbocycles. The monoisotopic (exact) mass is 260 g/mol. The highest BCUT2D eigenvalue weighted by atomic mass is 32.1. The van der Waals surface area contributed by atoms with Crippen molar-refractivity contribution in [3.63, 3.8) is 0 Å². The zero-order valence-corrected chi connectivity index (χ0v) is 9.22. The van der Waals surface area contributed by atoms with E-state index in [2.05, 4.69) is 9.97 Å². The largest absolute Gasteiger partial charge is 0.417 e. The van der Waals surface area contributed by atoms with Gasteiger partial charge in [-0.05, 0) is 12.1 Å². The van der Waals surface area contributed by atoms with Gasteiger partial charge in [0.1, 0.15) is 5.01 Å². The third-order valence-corrected chi connectivity index (χ3v) is 2.94. The first-order valence-corrected chi connectivity index (χ1v) is 5.47. The highest BCUT2D eigenvalue weighted by Gasteiger charge is 2.30. The van der Waals surface area contributed by atoms with E-state index in [1.165, 1.54) is 17.4 Å². The molecule has 2 rings (SSSR count). The molecule has 0 aliphatic carbocycles. The molecule has 0 bridgehead atoms. The van der Waals surface area contributed by atoms with E-state index in [1.807, 2.05) is 0 Å². The Morgan fingerprint density at radius 2 is 2.06 bits per heavy atom. The van der Waals surface area contributed by atoms with Crippen molar-refractivity contribution in [2.45, 2.75) is 12.8 Å². The van der Waals surface area contributed by atoms with Gasteiger partial charge in [0, 0.05) is 11.6 Å². The molecule has 0 saturated heterocycles. The number of rotatable bonds is 2. The van der Waals surface area contributed by atoms with Crippen LogP contribution in [0.5, 0.6) is 0 Å². The molecule has 1 N–H and O–H groups in total. The standard InChI is InChI=1S/C10H7F3N2OS/c11-10(12,13)6-1-2-8(14-3-6)9-15-7(4-16)5-17-9/h1-3,5,16H,4H2. The maximum absolute atomic E-state index is 12.3. The predicted octanol–water partition coefficient (Wildman–Crippen LogP) is 2.72. The van der Waals surface area contributed by atoms with E-state index in [-0.39, 0.29) is 6.61 Å². The molecule has 0 spiro atoms. The van der Waals surface area contributed by atoms with Crippen LogP contribution in [-0.4, -0.2) is 15.1 Å². The fourth-order valence-corrected chi connectivity index (χ4v) is 1.97. The highest BCUT2D eigenvalue weighted by Crippen LogP contribution is 2.30. The molecule has 7 heteroatoms. The van der Waals surface area contributed by atoms with Crippen molar-refractivity contribution in [3.8, 4) is 10.7 Å². The summed E-state index contributed by atoms with van der Waals surface area (Å²) < 4.78 is 36.9. The lowest BCUT2D eigenvalue weighted by molar-refractivity contribution is -0.137. The Kier molecular flexibility index (Phi) is 3.12. The first-order valence-electron chi connectivity index (χ1n) is 4.59. The number of halogens is 3. The molecule has 90 valence electrons. The summed E-state index contributed by atoms with van der Waals surface area (Å²) in [6, 6.07) is 2.23. The van der Waals surface area contributed by atoms with Gasteiger partial charge < -0.3 is 5.11 Å². The molecule has 3 nitrogen and oxygen atoms in total. The van der Waals surface area contributed by atoms with Crippen molar-refractivity contribution in [1.82, 2.24) is 9.97 Å². The lowest BCUT2D eigenvalue weighted by Crippen LogP contribution is -2.05. The SMILES string of the molecule is OCc1csc(-c2ccc(C(F)(F)F)cn2)n1. The fraction of sp³-hybridized carbons (Fsp3) is 0.200. The molecule has 0 atom stereocenters. The van der Waals surface area contributed by atoms with Crippen LogP contribution >= 0.6 is 11.3 Å². The van der Waals surface area contributed by atoms with Crippen LogP contribution in [-0.2, 0) is 12.8 Å². The maximum atomic E-state index is 12.3. The van der Waals surface area contributed by atoms with Crippen LogP contribution in [0.15, 0.2) is 23.7 Å². The van der Waals surface area contributed by atoms with Gasteiger partial charge in [0.15, 0.2) is 0 Å². The molecule has 2 aromatic heterocycles. The van der Waals surface area contributed by atoms with Gasteiger partial charge in [-0.2, -0.15) is 13.2 Å². The highest BCUT2D eigenvalue weighted by molar-refractivity contribution is 7.13. The molecule has 0 unspecified atom stereocenters. The Hall–Kier alpha value is -1.47. The Morgan fingerprint density at radius 3 is 2.53 bits per heavy atom. The first kappa shape index (κ1) is 12.0. The van der Waals surface area contributed by atoms with Crippen molar-refractivity contribution in [2.24, 2.45) is 0 Å². The topological polar surface area (TPSA) is 46.0 Å². The lowest BCUT2D eigenvalue weighted by Gasteiger charge is -2.05. The number of thiazole rings is 1. The number of hydrogen-bond acceptors (Lipinski definition) is 4. The van der Waals surface area contributed by atoms with Gasteiger partial charge in [0.05, 0.1) is 23.6 Å². The van der Waals surface area contributed by atoms with Gasteiger partial charge in [0.2, 0.25) is 0 Å². The average molecular weight is 260 g/mol. The summed E-state index contributed by atoms with van der Waals surface area (Å²) in [7, 11) is 0. The molecule has 17 heavy (non-hydrogen) atoms. The second kappa shape index (κ2) is 4.42. The van der Waals surface area contributed by atoms with Crippen molar-refractivity contribution < 1.29 is 18.3 Å². The Labute approximate surface area is 98.6 Å². The minimum Gasteiger partial charge on any atom is -0.390 e. The number of alkyl halides is 3. The number of hydrogen-bond donors (Lipinski definition) is 1. The van der Waals surface area contributed by atoms with Crippen LogP contribution in [0.4, 0.5) is 13.2 Å². The number of aromatic nitrogens is 2. The number of aliphatic hydroxyl groups excluding tert-OH is 1.